The van der Waals surface area contributed by atoms with E-state index in [0.717, 1.165) is 19.3 Å². The van der Waals surface area contributed by atoms with Crippen molar-refractivity contribution in [2.24, 2.45) is 0 Å². The molecular formula is C21H25FN4O3S. The maximum Gasteiger partial charge on any atom is 0.254 e. The van der Waals surface area contributed by atoms with Crippen molar-refractivity contribution in [3.8, 4) is 0 Å². The molecule has 1 unspecified atom stereocenters. The molecule has 1 aromatic carbocycles. The molecule has 0 spiro atoms. The van der Waals surface area contributed by atoms with Gasteiger partial charge in [-0.2, -0.15) is 0 Å². The monoisotopic (exact) mass is 432 g/mol. The van der Waals surface area contributed by atoms with E-state index in [-0.39, 0.29) is 42.8 Å². The molecule has 1 heterocycles. The van der Waals surface area contributed by atoms with Gasteiger partial charge in [-0.3, -0.25) is 14.4 Å². The second-order valence-corrected chi connectivity index (χ2v) is 8.27. The highest BCUT2D eigenvalue weighted by atomic mass is 32.1. The number of anilines is 1. The second kappa shape index (κ2) is 9.80. The maximum absolute atomic E-state index is 13.1. The van der Waals surface area contributed by atoms with Gasteiger partial charge in [0, 0.05) is 23.0 Å². The fourth-order valence-corrected chi connectivity index (χ4v) is 3.59. The molecule has 0 saturated heterocycles. The molecule has 1 saturated carbocycles. The minimum Gasteiger partial charge on any atom is -0.353 e. The lowest BCUT2D eigenvalue weighted by atomic mass is 10.2. The normalized spacial score (nSPS) is 14.1. The number of nitrogens with one attached hydrogen (secondary N) is 2. The first-order chi connectivity index (χ1) is 14.4. The number of nitrogens with zero attached hydrogens (tertiary/aromatic N) is 2. The summed E-state index contributed by atoms with van der Waals surface area (Å²) in [7, 11) is 0. The maximum atomic E-state index is 13.1. The molecule has 3 amide bonds. The third kappa shape index (κ3) is 6.09. The van der Waals surface area contributed by atoms with Crippen LogP contribution < -0.4 is 10.6 Å². The highest BCUT2D eigenvalue weighted by molar-refractivity contribution is 7.13. The van der Waals surface area contributed by atoms with E-state index in [9.17, 15) is 18.8 Å². The number of carbonyl (C=O) groups is 3. The molecule has 0 aliphatic heterocycles. The molecule has 7 nitrogen and oxygen atoms in total. The Morgan fingerprint density at radius 3 is 2.57 bits per heavy atom. The van der Waals surface area contributed by atoms with Crippen molar-refractivity contribution >= 4 is 34.2 Å². The van der Waals surface area contributed by atoms with Gasteiger partial charge < -0.3 is 15.5 Å². The van der Waals surface area contributed by atoms with E-state index in [2.05, 4.69) is 15.6 Å². The smallest absolute Gasteiger partial charge is 0.254 e. The molecule has 0 radical (unpaired) electrons. The summed E-state index contributed by atoms with van der Waals surface area (Å²) in [5.74, 6) is -1.19. The van der Waals surface area contributed by atoms with Crippen molar-refractivity contribution in [2.75, 3.05) is 11.9 Å². The summed E-state index contributed by atoms with van der Waals surface area (Å²) >= 11 is 1.23. The molecule has 1 aromatic heterocycles. The Hall–Kier alpha value is -2.81. The zero-order chi connectivity index (χ0) is 21.7. The van der Waals surface area contributed by atoms with Crippen LogP contribution in [0.25, 0.3) is 0 Å². The van der Waals surface area contributed by atoms with Gasteiger partial charge in [0.2, 0.25) is 11.8 Å². The molecular weight excluding hydrogens is 407 g/mol. The van der Waals surface area contributed by atoms with Gasteiger partial charge in [0.15, 0.2) is 5.13 Å². The van der Waals surface area contributed by atoms with Gasteiger partial charge in [-0.05, 0) is 50.5 Å². The van der Waals surface area contributed by atoms with Gasteiger partial charge in [0.1, 0.15) is 12.4 Å². The van der Waals surface area contributed by atoms with Crippen molar-refractivity contribution in [3.63, 3.8) is 0 Å². The Morgan fingerprint density at radius 1 is 1.23 bits per heavy atom. The lowest BCUT2D eigenvalue weighted by molar-refractivity contribution is -0.121. The summed E-state index contributed by atoms with van der Waals surface area (Å²) in [4.78, 5) is 43.0. The van der Waals surface area contributed by atoms with Crippen LogP contribution in [-0.4, -0.2) is 46.2 Å². The van der Waals surface area contributed by atoms with Crippen molar-refractivity contribution in [1.29, 1.82) is 0 Å². The van der Waals surface area contributed by atoms with Crippen LogP contribution in [0.2, 0.25) is 0 Å². The SMILES string of the molecule is CCC(C)NC(=O)Cc1csc(NC(=O)CN(C(=O)c2ccc(F)cc2)C2CC2)n1. The summed E-state index contributed by atoms with van der Waals surface area (Å²) in [5, 5.41) is 7.69. The summed E-state index contributed by atoms with van der Waals surface area (Å²) in [6.07, 6.45) is 2.67. The zero-order valence-electron chi connectivity index (χ0n) is 17.0. The number of halogens is 1. The first-order valence-corrected chi connectivity index (χ1v) is 10.8. The molecule has 0 bridgehead atoms. The minimum atomic E-state index is -0.417. The number of carbonyl (C=O) groups excluding carboxylic acids is 3. The predicted octanol–water partition coefficient (Wildman–Crippen LogP) is 2.98. The number of benzene rings is 1. The number of amides is 3. The number of thiazole rings is 1. The van der Waals surface area contributed by atoms with Gasteiger partial charge in [-0.1, -0.05) is 6.92 Å². The van der Waals surface area contributed by atoms with Crippen molar-refractivity contribution < 1.29 is 18.8 Å². The van der Waals surface area contributed by atoms with Crippen molar-refractivity contribution in [2.45, 2.75) is 51.6 Å². The summed E-state index contributed by atoms with van der Waals surface area (Å²) < 4.78 is 13.1. The van der Waals surface area contributed by atoms with Gasteiger partial charge in [0.05, 0.1) is 12.1 Å². The van der Waals surface area contributed by atoms with Crippen LogP contribution in [0.4, 0.5) is 9.52 Å². The number of rotatable bonds is 9. The van der Waals surface area contributed by atoms with Crippen molar-refractivity contribution in [3.05, 3.63) is 46.7 Å². The summed E-state index contributed by atoms with van der Waals surface area (Å²) in [5.41, 5.74) is 0.928. The van der Waals surface area contributed by atoms with E-state index >= 15 is 0 Å². The van der Waals surface area contributed by atoms with Gasteiger partial charge >= 0.3 is 0 Å². The third-order valence-electron chi connectivity index (χ3n) is 4.81. The van der Waals surface area contributed by atoms with Crippen LogP contribution in [0.5, 0.6) is 0 Å². The predicted molar refractivity (Wildman–Crippen MR) is 113 cm³/mol. The van der Waals surface area contributed by atoms with Crippen LogP contribution >= 0.6 is 11.3 Å². The molecule has 9 heteroatoms. The largest absolute Gasteiger partial charge is 0.353 e. The van der Waals surface area contributed by atoms with Gasteiger partial charge in [-0.25, -0.2) is 9.37 Å². The topological polar surface area (TPSA) is 91.4 Å². The second-order valence-electron chi connectivity index (χ2n) is 7.42. The van der Waals surface area contributed by atoms with Crippen molar-refractivity contribution in [1.82, 2.24) is 15.2 Å². The standard InChI is InChI=1S/C21H25FN4O3S/c1-3-13(2)23-18(27)10-16-12-30-21(24-16)25-19(28)11-26(17-8-9-17)20(29)14-4-6-15(22)7-5-14/h4-7,12-13,17H,3,8-11H2,1-2H3,(H,23,27)(H,24,25,28). The molecule has 1 aliphatic rings. The number of aromatic nitrogens is 1. The molecule has 1 aliphatic carbocycles. The van der Waals surface area contributed by atoms with E-state index in [1.807, 2.05) is 13.8 Å². The highest BCUT2D eigenvalue weighted by Gasteiger charge is 2.34. The molecule has 3 rings (SSSR count). The van der Waals surface area contributed by atoms with E-state index in [4.69, 9.17) is 0 Å². The molecule has 30 heavy (non-hydrogen) atoms. The molecule has 1 fully saturated rings. The Kier molecular flexibility index (Phi) is 7.15. The lowest BCUT2D eigenvalue weighted by Gasteiger charge is -2.21. The molecule has 2 N–H and O–H groups in total. The van der Waals surface area contributed by atoms with E-state index in [1.165, 1.54) is 40.5 Å². The van der Waals surface area contributed by atoms with E-state index in [1.54, 1.807) is 5.38 Å². The average molecular weight is 433 g/mol. The van der Waals surface area contributed by atoms with Crippen LogP contribution in [0.1, 0.15) is 49.2 Å². The van der Waals surface area contributed by atoms with Crippen LogP contribution in [-0.2, 0) is 16.0 Å². The number of hydrogen-bond acceptors (Lipinski definition) is 5. The fourth-order valence-electron chi connectivity index (χ4n) is 2.86. The van der Waals surface area contributed by atoms with E-state index < -0.39 is 5.82 Å². The third-order valence-corrected chi connectivity index (χ3v) is 5.62. The average Bonchev–Trinajstić information content (AvgIpc) is 3.47. The summed E-state index contributed by atoms with van der Waals surface area (Å²) in [6, 6.07) is 5.41. The fraction of sp³-hybridized carbons (Fsp3) is 0.429. The Balaban J connectivity index is 1.56. The summed E-state index contributed by atoms with van der Waals surface area (Å²) in [6.45, 7) is 3.82. The lowest BCUT2D eigenvalue weighted by Crippen LogP contribution is -2.39. The van der Waals surface area contributed by atoms with Crippen LogP contribution in [0, 0.1) is 5.82 Å². The Bertz CT molecular complexity index is 911. The van der Waals surface area contributed by atoms with Crippen LogP contribution in [0.3, 0.4) is 0 Å². The first kappa shape index (κ1) is 21.9. The van der Waals surface area contributed by atoms with Crippen LogP contribution in [0.15, 0.2) is 29.6 Å². The first-order valence-electron chi connectivity index (χ1n) is 9.96. The molecule has 2 aromatic rings. The number of hydrogen-bond donors (Lipinski definition) is 2. The highest BCUT2D eigenvalue weighted by Crippen LogP contribution is 2.28. The quantitative estimate of drug-likeness (QED) is 0.637. The molecule has 160 valence electrons. The van der Waals surface area contributed by atoms with E-state index in [0.29, 0.717) is 16.4 Å². The molecule has 1 atom stereocenters. The Labute approximate surface area is 178 Å². The Morgan fingerprint density at radius 2 is 1.93 bits per heavy atom. The minimum absolute atomic E-state index is 0.0180. The zero-order valence-corrected chi connectivity index (χ0v) is 17.8. The van der Waals surface area contributed by atoms with Gasteiger partial charge in [-0.15, -0.1) is 11.3 Å². The van der Waals surface area contributed by atoms with Gasteiger partial charge in [0.25, 0.3) is 5.91 Å².